The number of hydrogen-bond donors (Lipinski definition) is 0. The fourth-order valence-corrected chi connectivity index (χ4v) is 1.88. The van der Waals surface area contributed by atoms with Crippen LogP contribution in [0.4, 0.5) is 5.69 Å². The maximum absolute atomic E-state index is 11.0. The topological polar surface area (TPSA) is 65.1 Å². The summed E-state index contributed by atoms with van der Waals surface area (Å²) in [4.78, 5) is 21.0. The van der Waals surface area contributed by atoms with E-state index in [1.807, 2.05) is 12.1 Å². The molecular weight excluding hydrogens is 232 g/mol. The number of carbonyl (C=O) groups excluding carboxylic acids is 1. The molecule has 0 aliphatic rings. The van der Waals surface area contributed by atoms with Gasteiger partial charge in [-0.25, -0.2) is 0 Å². The summed E-state index contributed by atoms with van der Waals surface area (Å²) in [6.07, 6.45) is 3.59. The first kappa shape index (κ1) is 12.0. The number of rotatable bonds is 5. The molecule has 0 saturated heterocycles. The molecule has 92 valence electrons. The molecule has 1 aromatic carbocycles. The molecule has 0 saturated carbocycles. The predicted octanol–water partition coefficient (Wildman–Crippen LogP) is 2.52. The van der Waals surface area contributed by atoms with Crippen molar-refractivity contribution in [3.05, 3.63) is 58.4 Å². The van der Waals surface area contributed by atoms with Crippen LogP contribution in [0, 0.1) is 10.1 Å². The maximum atomic E-state index is 11.0. The van der Waals surface area contributed by atoms with E-state index in [-0.39, 0.29) is 5.69 Å². The molecule has 0 aliphatic carbocycles. The monoisotopic (exact) mass is 244 g/mol. The van der Waals surface area contributed by atoms with Gasteiger partial charge in [0.15, 0.2) is 0 Å². The highest BCUT2D eigenvalue weighted by molar-refractivity contribution is 5.54. The minimum Gasteiger partial charge on any atom is -0.315 e. The molecule has 5 heteroatoms. The second-order valence-electron chi connectivity index (χ2n) is 3.82. The molecule has 18 heavy (non-hydrogen) atoms. The molecular formula is C13H12N2O3. The number of para-hydroxylation sites is 2. The van der Waals surface area contributed by atoms with Gasteiger partial charge in [-0.15, -0.1) is 0 Å². The van der Waals surface area contributed by atoms with Crippen LogP contribution in [-0.2, 0) is 11.2 Å². The highest BCUT2D eigenvalue weighted by Gasteiger charge is 2.15. The van der Waals surface area contributed by atoms with Gasteiger partial charge in [0.2, 0.25) is 0 Å². The molecule has 0 N–H and O–H groups in total. The minimum atomic E-state index is -0.404. The fraction of sp³-hybridized carbons (Fsp3) is 0.154. The third-order valence-corrected chi connectivity index (χ3v) is 2.69. The third kappa shape index (κ3) is 2.29. The summed E-state index contributed by atoms with van der Waals surface area (Å²) in [5.74, 6) is 0. The van der Waals surface area contributed by atoms with E-state index in [4.69, 9.17) is 0 Å². The number of nitro benzene ring substituents is 1. The van der Waals surface area contributed by atoms with Crippen LogP contribution >= 0.6 is 0 Å². The number of hydrogen-bond acceptors (Lipinski definition) is 3. The van der Waals surface area contributed by atoms with Gasteiger partial charge in [0.05, 0.1) is 4.92 Å². The van der Waals surface area contributed by atoms with Crippen LogP contribution in [0.1, 0.15) is 12.1 Å². The number of benzene rings is 1. The smallest absolute Gasteiger partial charge is 0.293 e. The Labute approximate surface area is 104 Å². The Hall–Kier alpha value is -2.43. The van der Waals surface area contributed by atoms with Crippen molar-refractivity contribution >= 4 is 12.0 Å². The summed E-state index contributed by atoms with van der Waals surface area (Å²) in [7, 11) is 0. The van der Waals surface area contributed by atoms with Gasteiger partial charge in [0.1, 0.15) is 12.0 Å². The molecule has 2 aromatic rings. The number of aldehydes is 1. The summed E-state index contributed by atoms with van der Waals surface area (Å²) in [6.45, 7) is 0. The molecule has 1 heterocycles. The lowest BCUT2D eigenvalue weighted by Crippen LogP contribution is -2.03. The van der Waals surface area contributed by atoms with Crippen molar-refractivity contribution < 1.29 is 9.72 Å². The lowest BCUT2D eigenvalue weighted by Gasteiger charge is -2.08. The number of aryl methyl sites for hydroxylation is 1. The lowest BCUT2D eigenvalue weighted by molar-refractivity contribution is -0.384. The molecule has 5 nitrogen and oxygen atoms in total. The molecule has 0 unspecified atom stereocenters. The first-order valence-corrected chi connectivity index (χ1v) is 5.57. The van der Waals surface area contributed by atoms with E-state index in [2.05, 4.69) is 0 Å². The Bertz CT molecular complexity index is 575. The quantitative estimate of drug-likeness (QED) is 0.461. The largest absolute Gasteiger partial charge is 0.315 e. The molecule has 0 radical (unpaired) electrons. The van der Waals surface area contributed by atoms with Gasteiger partial charge >= 0.3 is 0 Å². The Morgan fingerprint density at radius 1 is 1.22 bits per heavy atom. The van der Waals surface area contributed by atoms with E-state index < -0.39 is 4.92 Å². The molecule has 0 spiro atoms. The Morgan fingerprint density at radius 2 is 2.00 bits per heavy atom. The van der Waals surface area contributed by atoms with E-state index in [1.165, 1.54) is 6.07 Å². The number of aromatic nitrogens is 1. The van der Waals surface area contributed by atoms with Crippen LogP contribution in [-0.4, -0.2) is 15.8 Å². The van der Waals surface area contributed by atoms with E-state index in [1.54, 1.807) is 29.0 Å². The molecule has 1 aromatic heterocycles. The van der Waals surface area contributed by atoms with Gasteiger partial charge in [-0.2, -0.15) is 0 Å². The van der Waals surface area contributed by atoms with Gasteiger partial charge < -0.3 is 9.36 Å². The van der Waals surface area contributed by atoms with E-state index >= 15 is 0 Å². The molecule has 0 fully saturated rings. The van der Waals surface area contributed by atoms with Crippen molar-refractivity contribution in [2.24, 2.45) is 0 Å². The molecule has 2 rings (SSSR count). The maximum Gasteiger partial charge on any atom is 0.293 e. The van der Waals surface area contributed by atoms with Crippen LogP contribution < -0.4 is 0 Å². The SMILES string of the molecule is O=CCCc1cccn1-c1ccccc1[N+](=O)[O-]. The zero-order valence-corrected chi connectivity index (χ0v) is 9.65. The highest BCUT2D eigenvalue weighted by atomic mass is 16.6. The van der Waals surface area contributed by atoms with Crippen molar-refractivity contribution in [1.82, 2.24) is 4.57 Å². The van der Waals surface area contributed by atoms with Crippen molar-refractivity contribution in [1.29, 1.82) is 0 Å². The zero-order chi connectivity index (χ0) is 13.0. The van der Waals surface area contributed by atoms with E-state index in [0.29, 0.717) is 18.5 Å². The summed E-state index contributed by atoms with van der Waals surface area (Å²) < 4.78 is 1.75. The van der Waals surface area contributed by atoms with Crippen molar-refractivity contribution in [3.8, 4) is 5.69 Å². The van der Waals surface area contributed by atoms with Crippen molar-refractivity contribution in [2.75, 3.05) is 0 Å². The third-order valence-electron chi connectivity index (χ3n) is 2.69. The zero-order valence-electron chi connectivity index (χ0n) is 9.65. The second-order valence-corrected chi connectivity index (χ2v) is 3.82. The van der Waals surface area contributed by atoms with E-state index in [9.17, 15) is 14.9 Å². The van der Waals surface area contributed by atoms with Crippen LogP contribution in [0.3, 0.4) is 0 Å². The summed E-state index contributed by atoms with van der Waals surface area (Å²) >= 11 is 0. The van der Waals surface area contributed by atoms with Crippen molar-refractivity contribution in [3.63, 3.8) is 0 Å². The summed E-state index contributed by atoms with van der Waals surface area (Å²) in [6, 6.07) is 10.2. The van der Waals surface area contributed by atoms with Crippen LogP contribution in [0.2, 0.25) is 0 Å². The molecule has 0 bridgehead atoms. The van der Waals surface area contributed by atoms with E-state index in [0.717, 1.165) is 12.0 Å². The Kier molecular flexibility index (Phi) is 3.52. The van der Waals surface area contributed by atoms with Crippen LogP contribution in [0.15, 0.2) is 42.6 Å². The molecule has 0 amide bonds. The van der Waals surface area contributed by atoms with Crippen molar-refractivity contribution in [2.45, 2.75) is 12.8 Å². The second kappa shape index (κ2) is 5.27. The Morgan fingerprint density at radius 3 is 2.72 bits per heavy atom. The first-order chi connectivity index (χ1) is 8.74. The average Bonchev–Trinajstić information content (AvgIpc) is 2.84. The molecule has 0 atom stereocenters. The van der Waals surface area contributed by atoms with Gasteiger partial charge in [0, 0.05) is 24.4 Å². The predicted molar refractivity (Wildman–Crippen MR) is 66.8 cm³/mol. The van der Waals surface area contributed by atoms with Gasteiger partial charge in [-0.1, -0.05) is 12.1 Å². The summed E-state index contributed by atoms with van der Waals surface area (Å²) in [5.41, 5.74) is 1.46. The summed E-state index contributed by atoms with van der Waals surface area (Å²) in [5, 5.41) is 11.0. The minimum absolute atomic E-state index is 0.0565. The van der Waals surface area contributed by atoms with Crippen LogP contribution in [0.25, 0.3) is 5.69 Å². The normalized spacial score (nSPS) is 10.2. The molecule has 0 aliphatic heterocycles. The fourth-order valence-electron chi connectivity index (χ4n) is 1.88. The highest BCUT2D eigenvalue weighted by Crippen LogP contribution is 2.24. The standard InChI is InChI=1S/C13H12N2O3/c16-10-4-6-11-5-3-9-14(11)12-7-1-2-8-13(12)15(17)18/h1-3,5,7-10H,4,6H2. The van der Waals surface area contributed by atoms with Gasteiger partial charge in [0.25, 0.3) is 5.69 Å². The first-order valence-electron chi connectivity index (χ1n) is 5.57. The number of carbonyl (C=O) groups is 1. The number of nitrogens with zero attached hydrogens (tertiary/aromatic N) is 2. The van der Waals surface area contributed by atoms with Crippen LogP contribution in [0.5, 0.6) is 0 Å². The number of nitro groups is 1. The van der Waals surface area contributed by atoms with Gasteiger partial charge in [-0.05, 0) is 24.6 Å². The average molecular weight is 244 g/mol. The lowest BCUT2D eigenvalue weighted by atomic mass is 10.2. The van der Waals surface area contributed by atoms with Gasteiger partial charge in [-0.3, -0.25) is 10.1 Å². The Balaban J connectivity index is 2.45.